The number of ether oxygens (including phenoxy) is 1. The molecular formula is C14H18N2O2S2. The van der Waals surface area contributed by atoms with Gasteiger partial charge in [-0.1, -0.05) is 6.92 Å². The Morgan fingerprint density at radius 1 is 1.40 bits per heavy atom. The summed E-state index contributed by atoms with van der Waals surface area (Å²) in [5.41, 5.74) is 2.17. The van der Waals surface area contributed by atoms with E-state index < -0.39 is 0 Å². The Kier molecular flexibility index (Phi) is 5.70. The number of thiophene rings is 1. The van der Waals surface area contributed by atoms with Crippen LogP contribution in [0.15, 0.2) is 22.2 Å². The van der Waals surface area contributed by atoms with Crippen molar-refractivity contribution in [2.24, 2.45) is 0 Å². The van der Waals surface area contributed by atoms with Gasteiger partial charge in [0.1, 0.15) is 5.01 Å². The number of carbonyl (C=O) groups is 1. The molecular weight excluding hydrogens is 292 g/mol. The van der Waals surface area contributed by atoms with E-state index in [0.717, 1.165) is 17.2 Å². The van der Waals surface area contributed by atoms with E-state index in [1.54, 1.807) is 22.7 Å². The summed E-state index contributed by atoms with van der Waals surface area (Å²) in [6.07, 6.45) is 0. The summed E-state index contributed by atoms with van der Waals surface area (Å²) in [5.74, 6) is -0.178. The molecule has 0 atom stereocenters. The van der Waals surface area contributed by atoms with Crippen LogP contribution in [0.2, 0.25) is 0 Å². The first kappa shape index (κ1) is 15.2. The zero-order valence-corrected chi connectivity index (χ0v) is 13.3. The highest BCUT2D eigenvalue weighted by molar-refractivity contribution is 7.14. The summed E-state index contributed by atoms with van der Waals surface area (Å²) in [4.78, 5) is 18.2. The van der Waals surface area contributed by atoms with Gasteiger partial charge in [-0.15, -0.1) is 11.3 Å². The summed E-state index contributed by atoms with van der Waals surface area (Å²) in [7, 11) is 0. The molecule has 0 radical (unpaired) electrons. The fraction of sp³-hybridized carbons (Fsp3) is 0.429. The monoisotopic (exact) mass is 310 g/mol. The van der Waals surface area contributed by atoms with Crippen molar-refractivity contribution < 1.29 is 9.53 Å². The minimum absolute atomic E-state index is 0.178. The molecule has 4 nitrogen and oxygen atoms in total. The molecule has 0 aliphatic carbocycles. The summed E-state index contributed by atoms with van der Waals surface area (Å²) >= 11 is 3.31. The maximum atomic E-state index is 11.5. The Labute approximate surface area is 127 Å². The van der Waals surface area contributed by atoms with Crippen molar-refractivity contribution in [1.29, 1.82) is 0 Å². The van der Waals surface area contributed by atoms with E-state index in [1.807, 2.05) is 18.7 Å². The molecule has 0 saturated carbocycles. The van der Waals surface area contributed by atoms with Gasteiger partial charge in [-0.2, -0.15) is 11.3 Å². The zero-order chi connectivity index (χ0) is 14.4. The number of nitrogens with zero attached hydrogens (tertiary/aromatic N) is 2. The standard InChI is InChI=1S/C14H18N2O2S2/c1-3-16(8-13(17)18-4-2)7-12-10-20-14(15-12)11-5-6-19-9-11/h5-6,9-10H,3-4,7-8H2,1-2H3. The predicted octanol–water partition coefficient (Wildman–Crippen LogP) is 3.26. The number of likely N-dealkylation sites (N-methyl/N-ethyl adjacent to an activating group) is 1. The molecule has 6 heteroatoms. The van der Waals surface area contributed by atoms with Gasteiger partial charge >= 0.3 is 5.97 Å². The lowest BCUT2D eigenvalue weighted by atomic mass is 10.3. The Balaban J connectivity index is 1.96. The molecule has 0 bridgehead atoms. The number of hydrogen-bond donors (Lipinski definition) is 0. The average molecular weight is 310 g/mol. The van der Waals surface area contributed by atoms with Crippen LogP contribution >= 0.6 is 22.7 Å². The van der Waals surface area contributed by atoms with Crippen molar-refractivity contribution in [3.8, 4) is 10.6 Å². The van der Waals surface area contributed by atoms with Gasteiger partial charge in [0.15, 0.2) is 0 Å². The van der Waals surface area contributed by atoms with E-state index in [1.165, 1.54) is 5.56 Å². The molecule has 0 aromatic carbocycles. The number of hydrogen-bond acceptors (Lipinski definition) is 6. The third kappa shape index (κ3) is 4.13. The predicted molar refractivity (Wildman–Crippen MR) is 83.0 cm³/mol. The van der Waals surface area contributed by atoms with E-state index >= 15 is 0 Å². The Hall–Kier alpha value is -1.24. The summed E-state index contributed by atoms with van der Waals surface area (Å²) < 4.78 is 4.98. The molecule has 0 saturated heterocycles. The molecule has 0 N–H and O–H groups in total. The van der Waals surface area contributed by atoms with Crippen molar-refractivity contribution in [2.75, 3.05) is 19.7 Å². The molecule has 0 spiro atoms. The molecule has 0 fully saturated rings. The highest BCUT2D eigenvalue weighted by Gasteiger charge is 2.12. The van der Waals surface area contributed by atoms with E-state index in [4.69, 9.17) is 4.74 Å². The molecule has 0 unspecified atom stereocenters. The highest BCUT2D eigenvalue weighted by Crippen LogP contribution is 2.26. The van der Waals surface area contributed by atoms with Crippen molar-refractivity contribution in [2.45, 2.75) is 20.4 Å². The molecule has 0 aliphatic heterocycles. The van der Waals surface area contributed by atoms with Crippen molar-refractivity contribution in [3.05, 3.63) is 27.9 Å². The van der Waals surface area contributed by atoms with E-state index in [2.05, 4.69) is 27.2 Å². The summed E-state index contributed by atoms with van der Waals surface area (Å²) in [6.45, 7) is 6.07. The van der Waals surface area contributed by atoms with Crippen LogP contribution in [-0.4, -0.2) is 35.5 Å². The lowest BCUT2D eigenvalue weighted by molar-refractivity contribution is -0.144. The van der Waals surface area contributed by atoms with Gasteiger partial charge in [-0.05, 0) is 24.9 Å². The normalized spacial score (nSPS) is 10.9. The summed E-state index contributed by atoms with van der Waals surface area (Å²) in [5, 5.41) is 7.24. The lowest BCUT2D eigenvalue weighted by Crippen LogP contribution is -2.30. The third-order valence-electron chi connectivity index (χ3n) is 2.81. The first-order valence-electron chi connectivity index (χ1n) is 6.57. The van der Waals surface area contributed by atoms with E-state index in [9.17, 15) is 4.79 Å². The smallest absolute Gasteiger partial charge is 0.320 e. The van der Waals surface area contributed by atoms with Gasteiger partial charge in [0.05, 0.1) is 18.8 Å². The minimum Gasteiger partial charge on any atom is -0.465 e. The van der Waals surface area contributed by atoms with Crippen molar-refractivity contribution >= 4 is 28.6 Å². The van der Waals surface area contributed by atoms with Gasteiger partial charge in [0.2, 0.25) is 0 Å². The van der Waals surface area contributed by atoms with E-state index in [0.29, 0.717) is 19.7 Å². The molecule has 2 aromatic heterocycles. The largest absolute Gasteiger partial charge is 0.465 e. The van der Waals surface area contributed by atoms with Gasteiger partial charge in [0.25, 0.3) is 0 Å². The van der Waals surface area contributed by atoms with Crippen molar-refractivity contribution in [3.63, 3.8) is 0 Å². The lowest BCUT2D eigenvalue weighted by Gasteiger charge is -2.17. The molecule has 108 valence electrons. The fourth-order valence-corrected chi connectivity index (χ4v) is 3.32. The Bertz CT molecular complexity index is 537. The Morgan fingerprint density at radius 3 is 2.90 bits per heavy atom. The van der Waals surface area contributed by atoms with Crippen LogP contribution in [0.1, 0.15) is 19.5 Å². The minimum atomic E-state index is -0.178. The van der Waals surface area contributed by atoms with Crippen LogP contribution in [0.25, 0.3) is 10.6 Å². The van der Waals surface area contributed by atoms with Crippen molar-refractivity contribution in [1.82, 2.24) is 9.88 Å². The van der Waals surface area contributed by atoms with Crippen LogP contribution in [-0.2, 0) is 16.1 Å². The second-order valence-corrected chi connectivity index (χ2v) is 5.90. The van der Waals surface area contributed by atoms with Crippen LogP contribution in [0.4, 0.5) is 0 Å². The molecule has 2 rings (SSSR count). The maximum Gasteiger partial charge on any atom is 0.320 e. The van der Waals surface area contributed by atoms with Crippen LogP contribution in [0.5, 0.6) is 0 Å². The van der Waals surface area contributed by atoms with Crippen LogP contribution < -0.4 is 0 Å². The second kappa shape index (κ2) is 7.52. The van der Waals surface area contributed by atoms with Gasteiger partial charge < -0.3 is 4.74 Å². The van der Waals surface area contributed by atoms with E-state index in [-0.39, 0.29) is 5.97 Å². The summed E-state index contributed by atoms with van der Waals surface area (Å²) in [6, 6.07) is 2.07. The molecule has 0 amide bonds. The first-order valence-corrected chi connectivity index (χ1v) is 8.40. The topological polar surface area (TPSA) is 42.4 Å². The zero-order valence-electron chi connectivity index (χ0n) is 11.7. The molecule has 0 aliphatic rings. The quantitative estimate of drug-likeness (QED) is 0.736. The number of rotatable bonds is 7. The SMILES string of the molecule is CCOC(=O)CN(CC)Cc1csc(-c2ccsc2)n1. The average Bonchev–Trinajstić information content (AvgIpc) is 3.08. The molecule has 2 aromatic rings. The highest BCUT2D eigenvalue weighted by atomic mass is 32.1. The first-order chi connectivity index (χ1) is 9.72. The third-order valence-corrected chi connectivity index (χ3v) is 4.43. The van der Waals surface area contributed by atoms with Gasteiger partial charge in [0, 0.05) is 22.9 Å². The van der Waals surface area contributed by atoms with Gasteiger partial charge in [-0.25, -0.2) is 4.98 Å². The number of aromatic nitrogens is 1. The number of thiazole rings is 1. The number of esters is 1. The fourth-order valence-electron chi connectivity index (χ4n) is 1.80. The van der Waals surface area contributed by atoms with Gasteiger partial charge in [-0.3, -0.25) is 9.69 Å². The van der Waals surface area contributed by atoms with Crippen LogP contribution in [0.3, 0.4) is 0 Å². The second-order valence-electron chi connectivity index (χ2n) is 4.26. The maximum absolute atomic E-state index is 11.5. The number of carbonyl (C=O) groups excluding carboxylic acids is 1. The van der Waals surface area contributed by atoms with Crippen LogP contribution in [0, 0.1) is 0 Å². The molecule has 2 heterocycles. The molecule has 20 heavy (non-hydrogen) atoms. The Morgan fingerprint density at radius 2 is 2.25 bits per heavy atom.